The lowest BCUT2D eigenvalue weighted by molar-refractivity contribution is 0.0325. The van der Waals surface area contributed by atoms with Gasteiger partial charge in [0.25, 0.3) is 0 Å². The van der Waals surface area contributed by atoms with Crippen molar-refractivity contribution in [1.82, 2.24) is 19.6 Å². The number of hydrogen-bond donors (Lipinski definition) is 3. The molecule has 3 atom stereocenters. The second-order valence-electron chi connectivity index (χ2n) is 3.72. The maximum Gasteiger partial charge on any atom is 0.186 e. The summed E-state index contributed by atoms with van der Waals surface area (Å²) in [7, 11) is 0.0682. The monoisotopic (exact) mass is 306 g/mol. The molecule has 1 saturated heterocycles. The Kier molecular flexibility index (Phi) is 6.16. The van der Waals surface area contributed by atoms with Crippen LogP contribution in [0.1, 0.15) is 13.8 Å². The molecule has 2 rings (SSSR count). The van der Waals surface area contributed by atoms with Crippen LogP contribution in [0.2, 0.25) is 0 Å². The van der Waals surface area contributed by atoms with E-state index in [9.17, 15) is 0 Å². The molecule has 18 heavy (non-hydrogen) atoms. The lowest BCUT2D eigenvalue weighted by atomic mass is 10.3. The molecule has 3 N–H and O–H groups in total. The van der Waals surface area contributed by atoms with Crippen LogP contribution in [0.3, 0.4) is 0 Å². The number of nitrogens with zero attached hydrogens (tertiary/aromatic N) is 1. The summed E-state index contributed by atoms with van der Waals surface area (Å²) in [5, 5.41) is 3.02. The Morgan fingerprint density at radius 3 is 2.83 bits per heavy atom. The van der Waals surface area contributed by atoms with Crippen LogP contribution in [0, 0.1) is 0 Å². The fourth-order valence-electron chi connectivity index (χ4n) is 1.11. The predicted molar refractivity (Wildman–Crippen MR) is 78.1 cm³/mol. The molecule has 0 saturated carbocycles. The fraction of sp³-hybridized carbons (Fsp3) is 0.333. The van der Waals surface area contributed by atoms with Crippen molar-refractivity contribution < 1.29 is 9.68 Å². The van der Waals surface area contributed by atoms with E-state index in [0.717, 1.165) is 5.75 Å². The highest BCUT2D eigenvalue weighted by Crippen LogP contribution is 2.47. The van der Waals surface area contributed by atoms with E-state index in [4.69, 9.17) is 9.68 Å². The van der Waals surface area contributed by atoms with E-state index in [0.29, 0.717) is 17.8 Å². The van der Waals surface area contributed by atoms with Gasteiger partial charge >= 0.3 is 0 Å². The minimum Gasteiger partial charge on any atom is -0.395 e. The zero-order valence-corrected chi connectivity index (χ0v) is 13.1. The lowest BCUT2D eigenvalue weighted by Gasteiger charge is -2.34. The zero-order chi connectivity index (χ0) is 12.8. The summed E-state index contributed by atoms with van der Waals surface area (Å²) in [6, 6.07) is 9.72. The van der Waals surface area contributed by atoms with Crippen molar-refractivity contribution in [2.75, 3.05) is 0 Å². The Morgan fingerprint density at radius 1 is 1.33 bits per heavy atom. The first-order valence-corrected chi connectivity index (χ1v) is 8.75. The van der Waals surface area contributed by atoms with Gasteiger partial charge in [-0.3, -0.25) is 9.70 Å². The van der Waals surface area contributed by atoms with E-state index in [-0.39, 0.29) is 6.10 Å². The van der Waals surface area contributed by atoms with Gasteiger partial charge in [-0.25, -0.2) is 4.86 Å². The quantitative estimate of drug-likeness (QED) is 0.574. The van der Waals surface area contributed by atoms with Crippen molar-refractivity contribution in [2.45, 2.75) is 20.0 Å². The van der Waals surface area contributed by atoms with E-state index in [1.807, 2.05) is 48.8 Å². The number of rotatable bonds is 5. The predicted octanol–water partition coefficient (Wildman–Crippen LogP) is 2.65. The summed E-state index contributed by atoms with van der Waals surface area (Å²) in [5.41, 5.74) is 0. The van der Waals surface area contributed by atoms with Gasteiger partial charge < -0.3 is 4.84 Å². The average molecular weight is 306 g/mol. The average Bonchev–Trinajstić information content (AvgIpc) is 2.39. The van der Waals surface area contributed by atoms with Gasteiger partial charge in [-0.05, 0) is 26.0 Å². The van der Waals surface area contributed by atoms with Crippen LogP contribution < -0.4 is 19.8 Å². The van der Waals surface area contributed by atoms with Crippen molar-refractivity contribution in [1.29, 1.82) is 0 Å². The van der Waals surface area contributed by atoms with Gasteiger partial charge in [-0.2, -0.15) is 0 Å². The van der Waals surface area contributed by atoms with Gasteiger partial charge in [0.05, 0.1) is 15.0 Å². The van der Waals surface area contributed by atoms with E-state index < -0.39 is 8.37 Å². The minimum absolute atomic E-state index is 0.134. The molecule has 1 aliphatic rings. The van der Waals surface area contributed by atoms with Crippen LogP contribution in [0.15, 0.2) is 30.3 Å². The number of para-hydroxylation sites is 1. The molecule has 1 aliphatic heterocycles. The van der Waals surface area contributed by atoms with Gasteiger partial charge in [-0.15, -0.1) is 5.25 Å². The Balaban J connectivity index is 1.91. The minimum atomic E-state index is -0.840. The first-order chi connectivity index (χ1) is 8.75. The highest BCUT2D eigenvalue weighted by molar-refractivity contribution is 7.71. The second-order valence-corrected chi connectivity index (χ2v) is 8.04. The summed E-state index contributed by atoms with van der Waals surface area (Å²) in [4.78, 5) is 17.8. The normalized spacial score (nSPS) is 23.8. The Labute approximate surface area is 112 Å². The third-order valence-electron chi connectivity index (χ3n) is 1.87. The highest BCUT2D eigenvalue weighted by Gasteiger charge is 2.25. The van der Waals surface area contributed by atoms with Crippen LogP contribution in [0.5, 0.6) is 5.75 Å². The maximum atomic E-state index is 5.81. The molecule has 0 aliphatic carbocycles. The van der Waals surface area contributed by atoms with Crippen molar-refractivity contribution in [3.05, 3.63) is 30.3 Å². The number of benzene rings is 1. The van der Waals surface area contributed by atoms with Crippen molar-refractivity contribution >= 4 is 26.1 Å². The molecule has 0 spiro atoms. The molecule has 1 fully saturated rings. The molecule has 6 nitrogen and oxygen atoms in total. The Bertz CT molecular complexity index is 357. The smallest absolute Gasteiger partial charge is 0.186 e. The largest absolute Gasteiger partial charge is 0.395 e. The van der Waals surface area contributed by atoms with Crippen LogP contribution in [-0.2, 0) is 4.84 Å². The summed E-state index contributed by atoms with van der Waals surface area (Å²) in [6.45, 7) is 3.97. The second kappa shape index (κ2) is 7.64. The molecule has 9 heteroatoms. The Hall–Kier alpha value is 0.110. The van der Waals surface area contributed by atoms with Crippen LogP contribution in [0.4, 0.5) is 0 Å². The van der Waals surface area contributed by atoms with Crippen molar-refractivity contribution in [3.8, 4) is 5.75 Å². The van der Waals surface area contributed by atoms with E-state index in [2.05, 4.69) is 15.0 Å². The molecular weight excluding hydrogens is 289 g/mol. The first-order valence-electron chi connectivity index (χ1n) is 5.51. The van der Waals surface area contributed by atoms with Crippen LogP contribution in [0.25, 0.3) is 0 Å². The summed E-state index contributed by atoms with van der Waals surface area (Å²) in [6.07, 6.45) is 0.134. The van der Waals surface area contributed by atoms with Crippen molar-refractivity contribution in [3.63, 3.8) is 0 Å². The highest BCUT2D eigenvalue weighted by atomic mass is 31.2. The van der Waals surface area contributed by atoms with Crippen LogP contribution >= 0.6 is 26.1 Å². The van der Waals surface area contributed by atoms with Crippen LogP contribution in [-0.4, -0.2) is 10.7 Å². The number of nitrogens with one attached hydrogen (secondary N) is 3. The summed E-state index contributed by atoms with van der Waals surface area (Å²) in [5.74, 6) is 0.817. The van der Waals surface area contributed by atoms with Gasteiger partial charge in [-0.1, -0.05) is 22.8 Å². The third kappa shape index (κ3) is 4.65. The standard InChI is InChI=1S/C9H17N4O2P3/c1-8(2)14-10-18-12-16-11-17-13(18)15-9-6-4-3-5-7-9/h3-8,10-12,16-17H,1-2H3. The molecule has 1 aromatic carbocycles. The lowest BCUT2D eigenvalue weighted by Crippen LogP contribution is -2.32. The van der Waals surface area contributed by atoms with Gasteiger partial charge in [0.15, 0.2) is 8.37 Å². The topological polar surface area (TPSA) is 57.8 Å². The Morgan fingerprint density at radius 2 is 2.11 bits per heavy atom. The first kappa shape index (κ1) is 14.5. The summed E-state index contributed by atoms with van der Waals surface area (Å²) < 4.78 is 1.85. The molecule has 0 aromatic heterocycles. The van der Waals surface area contributed by atoms with Gasteiger partial charge in [0.2, 0.25) is 0 Å². The maximum absolute atomic E-state index is 5.81. The third-order valence-corrected chi connectivity index (χ3v) is 6.01. The SMILES string of the molecule is CC(C)ONP1NPNPN1Oc1ccccc1. The molecule has 100 valence electrons. The molecule has 3 unspecified atom stereocenters. The fourth-order valence-corrected chi connectivity index (χ4v) is 5.55. The zero-order valence-electron chi connectivity index (χ0n) is 10.2. The molecule has 1 heterocycles. The van der Waals surface area contributed by atoms with E-state index in [1.54, 1.807) is 0 Å². The summed E-state index contributed by atoms with van der Waals surface area (Å²) >= 11 is 0. The van der Waals surface area contributed by atoms with Crippen molar-refractivity contribution in [2.24, 2.45) is 0 Å². The van der Waals surface area contributed by atoms with Gasteiger partial charge in [0, 0.05) is 8.88 Å². The molecule has 0 bridgehead atoms. The molecule has 1 aromatic rings. The van der Waals surface area contributed by atoms with E-state index >= 15 is 0 Å². The molecule has 0 amide bonds. The van der Waals surface area contributed by atoms with E-state index in [1.165, 1.54) is 0 Å². The molecular formula is C9H17N4O2P3. The number of hydrogen-bond acceptors (Lipinski definition) is 6. The molecule has 0 radical (unpaired) electrons. The van der Waals surface area contributed by atoms with Gasteiger partial charge in [0.1, 0.15) is 5.75 Å².